The van der Waals surface area contributed by atoms with E-state index >= 15 is 0 Å². The molecule has 116 valence electrons. The number of Topliss-reactive ketones (excluding diaryl/α,β-unsaturated/α-hetero) is 1. The second kappa shape index (κ2) is 5.08. The van der Waals surface area contributed by atoms with E-state index in [9.17, 15) is 22.8 Å². The van der Waals surface area contributed by atoms with Crippen LogP contribution in [0.15, 0.2) is 22.8 Å². The summed E-state index contributed by atoms with van der Waals surface area (Å²) in [5, 5.41) is 5.57. The van der Waals surface area contributed by atoms with Crippen molar-refractivity contribution < 1.29 is 22.8 Å². The fourth-order valence-electron chi connectivity index (χ4n) is 2.08. The molecule has 2 aromatic rings. The molecule has 3 rings (SSSR count). The van der Waals surface area contributed by atoms with E-state index in [1.807, 2.05) is 0 Å². The highest BCUT2D eigenvalue weighted by Crippen LogP contribution is 2.36. The lowest BCUT2D eigenvalue weighted by Gasteiger charge is -2.06. The van der Waals surface area contributed by atoms with E-state index in [1.54, 1.807) is 17.4 Å². The van der Waals surface area contributed by atoms with Gasteiger partial charge in [-0.15, -0.1) is 5.10 Å². The summed E-state index contributed by atoms with van der Waals surface area (Å²) in [6, 6.07) is 3.20. The molecule has 5 nitrogen and oxygen atoms in total. The van der Waals surface area contributed by atoms with E-state index < -0.39 is 12.1 Å². The summed E-state index contributed by atoms with van der Waals surface area (Å²) in [5.74, 6) is -3.03. The minimum Gasteiger partial charge on any atom is -0.301 e. The van der Waals surface area contributed by atoms with Crippen molar-refractivity contribution in [2.24, 2.45) is 5.92 Å². The third-order valence-electron chi connectivity index (χ3n) is 3.28. The van der Waals surface area contributed by atoms with Gasteiger partial charge in [-0.25, -0.2) is 4.52 Å². The van der Waals surface area contributed by atoms with E-state index in [0.29, 0.717) is 22.8 Å². The maximum absolute atomic E-state index is 12.4. The number of fused-ring (bicyclic) bond motifs is 1. The van der Waals surface area contributed by atoms with Crippen LogP contribution in [0.5, 0.6) is 0 Å². The molecule has 1 saturated carbocycles. The molecule has 2 aromatic heterocycles. The highest BCUT2D eigenvalue weighted by Gasteiger charge is 2.41. The molecule has 1 fully saturated rings. The molecule has 0 spiro atoms. The molecule has 0 unspecified atom stereocenters. The topological polar surface area (TPSA) is 63.5 Å². The summed E-state index contributed by atoms with van der Waals surface area (Å²) in [4.78, 5) is 23.5. The fourth-order valence-corrected chi connectivity index (χ4v) is 2.41. The van der Waals surface area contributed by atoms with Crippen molar-refractivity contribution in [1.82, 2.24) is 9.61 Å². The van der Waals surface area contributed by atoms with Gasteiger partial charge in [-0.1, -0.05) is 15.9 Å². The minimum atomic E-state index is -5.05. The van der Waals surface area contributed by atoms with Crippen molar-refractivity contribution >= 4 is 39.0 Å². The van der Waals surface area contributed by atoms with E-state index in [2.05, 4.69) is 21.0 Å². The number of nitrogens with one attached hydrogen (secondary N) is 1. The van der Waals surface area contributed by atoms with E-state index in [4.69, 9.17) is 0 Å². The lowest BCUT2D eigenvalue weighted by Crippen LogP contribution is -2.30. The molecule has 0 bridgehead atoms. The molecule has 0 saturated heterocycles. The van der Waals surface area contributed by atoms with Gasteiger partial charge < -0.3 is 5.32 Å². The molecule has 22 heavy (non-hydrogen) atoms. The molecule has 0 aromatic carbocycles. The lowest BCUT2D eigenvalue weighted by molar-refractivity contribution is -0.167. The number of halogens is 4. The van der Waals surface area contributed by atoms with Crippen molar-refractivity contribution in [2.75, 3.05) is 5.32 Å². The van der Waals surface area contributed by atoms with Gasteiger partial charge in [0, 0.05) is 16.6 Å². The zero-order valence-electron chi connectivity index (χ0n) is 10.9. The highest BCUT2D eigenvalue weighted by molar-refractivity contribution is 9.10. The van der Waals surface area contributed by atoms with Crippen molar-refractivity contribution in [1.29, 1.82) is 0 Å². The molecule has 1 N–H and O–H groups in total. The summed E-state index contributed by atoms with van der Waals surface area (Å²) in [6.07, 6.45) is -2.17. The number of rotatable bonds is 3. The van der Waals surface area contributed by atoms with E-state index in [0.717, 1.165) is 0 Å². The maximum Gasteiger partial charge on any atom is 0.471 e. The highest BCUT2D eigenvalue weighted by atomic mass is 79.9. The molecular weight excluding hydrogens is 367 g/mol. The van der Waals surface area contributed by atoms with Crippen molar-refractivity contribution in [3.8, 4) is 0 Å². The zero-order chi connectivity index (χ0) is 16.1. The smallest absolute Gasteiger partial charge is 0.301 e. The molecule has 9 heteroatoms. The number of hydrogen-bond donors (Lipinski definition) is 1. The number of aromatic nitrogens is 2. The van der Waals surface area contributed by atoms with Crippen molar-refractivity contribution in [2.45, 2.75) is 19.0 Å². The first-order valence-corrected chi connectivity index (χ1v) is 7.17. The van der Waals surface area contributed by atoms with Crippen LogP contribution in [0.25, 0.3) is 5.52 Å². The average Bonchev–Trinajstić information content (AvgIpc) is 3.20. The Balaban J connectivity index is 2.10. The molecule has 0 atom stereocenters. The van der Waals surface area contributed by atoms with Gasteiger partial charge >= 0.3 is 12.1 Å². The second-order valence-electron chi connectivity index (χ2n) is 4.99. The first-order valence-electron chi connectivity index (χ1n) is 6.37. The Bertz CT molecular complexity index is 781. The van der Waals surface area contributed by atoms with Crippen LogP contribution in [-0.2, 0) is 4.79 Å². The van der Waals surface area contributed by atoms with Crippen LogP contribution < -0.4 is 5.32 Å². The molecule has 0 aliphatic heterocycles. The number of anilines is 1. The van der Waals surface area contributed by atoms with Crippen molar-refractivity contribution in [3.05, 3.63) is 28.4 Å². The summed E-state index contributed by atoms with van der Waals surface area (Å²) >= 11 is 3.24. The fraction of sp³-hybridized carbons (Fsp3) is 0.308. The zero-order valence-corrected chi connectivity index (χ0v) is 12.5. The normalized spacial score (nSPS) is 15.1. The van der Waals surface area contributed by atoms with E-state index in [-0.39, 0.29) is 23.1 Å². The Kier molecular flexibility index (Phi) is 3.47. The third kappa shape index (κ3) is 2.72. The Morgan fingerprint density at radius 3 is 2.64 bits per heavy atom. The first kappa shape index (κ1) is 15.0. The molecule has 2 heterocycles. The number of hydrogen-bond acceptors (Lipinski definition) is 3. The Morgan fingerprint density at radius 2 is 2.05 bits per heavy atom. The summed E-state index contributed by atoms with van der Waals surface area (Å²) < 4.78 is 39.2. The van der Waals surface area contributed by atoms with Crippen molar-refractivity contribution in [3.63, 3.8) is 0 Å². The number of pyridine rings is 1. The summed E-state index contributed by atoms with van der Waals surface area (Å²) in [6.45, 7) is 0. The van der Waals surface area contributed by atoms with Gasteiger partial charge in [0.2, 0.25) is 0 Å². The van der Waals surface area contributed by atoms with Gasteiger partial charge in [-0.3, -0.25) is 9.59 Å². The van der Waals surface area contributed by atoms with Crippen LogP contribution in [0.4, 0.5) is 19.0 Å². The third-order valence-corrected chi connectivity index (χ3v) is 3.77. The molecule has 0 radical (unpaired) electrons. The van der Waals surface area contributed by atoms with E-state index in [1.165, 1.54) is 10.7 Å². The second-order valence-corrected chi connectivity index (χ2v) is 5.90. The van der Waals surface area contributed by atoms with Gasteiger partial charge in [-0.2, -0.15) is 13.2 Å². The number of carbonyl (C=O) groups is 2. The van der Waals surface area contributed by atoms with Gasteiger partial charge in [0.1, 0.15) is 0 Å². The minimum absolute atomic E-state index is 0.0152. The van der Waals surface area contributed by atoms with Gasteiger partial charge in [0.15, 0.2) is 11.6 Å². The Morgan fingerprint density at radius 1 is 1.36 bits per heavy atom. The Labute approximate surface area is 130 Å². The van der Waals surface area contributed by atoms with Crippen LogP contribution in [0.1, 0.15) is 23.2 Å². The van der Waals surface area contributed by atoms with Gasteiger partial charge in [-0.05, 0) is 25.0 Å². The first-order chi connectivity index (χ1) is 10.3. The number of ketones is 1. The molecule has 1 aliphatic rings. The van der Waals surface area contributed by atoms with Crippen LogP contribution in [0.2, 0.25) is 0 Å². The van der Waals surface area contributed by atoms with Gasteiger partial charge in [0.05, 0.1) is 11.1 Å². The number of nitrogens with zero attached hydrogens (tertiary/aromatic N) is 2. The van der Waals surface area contributed by atoms with Crippen LogP contribution in [-0.4, -0.2) is 27.5 Å². The number of carbonyl (C=O) groups excluding carboxylic acids is 2. The predicted octanol–water partition coefficient (Wildman–Crippen LogP) is 3.19. The quantitative estimate of drug-likeness (QED) is 0.837. The van der Waals surface area contributed by atoms with Crippen LogP contribution in [0.3, 0.4) is 0 Å². The predicted molar refractivity (Wildman–Crippen MR) is 74.6 cm³/mol. The molecule has 1 aliphatic carbocycles. The summed E-state index contributed by atoms with van der Waals surface area (Å²) in [5.41, 5.74) is 0.366. The number of amides is 1. The molecule has 1 amide bonds. The average molecular weight is 376 g/mol. The SMILES string of the molecule is O=C(c1c(NC(=O)C(F)(F)F)nn2ccc(Br)cc12)C1CC1. The standard InChI is InChI=1S/C13H9BrF3N3O2/c14-7-3-4-20-8(5-7)9(10(21)6-1-2-6)11(19-20)18-12(22)13(15,16)17/h3-6H,1-2H2,(H,18,19,22). The lowest BCUT2D eigenvalue weighted by atomic mass is 10.1. The maximum atomic E-state index is 12.4. The van der Waals surface area contributed by atoms with Gasteiger partial charge in [0.25, 0.3) is 0 Å². The Hall–Kier alpha value is -1.90. The largest absolute Gasteiger partial charge is 0.471 e. The van der Waals surface area contributed by atoms with Crippen LogP contribution >= 0.6 is 15.9 Å². The number of alkyl halides is 3. The monoisotopic (exact) mass is 375 g/mol. The molecular formula is C13H9BrF3N3O2. The van der Waals surface area contributed by atoms with Crippen LogP contribution in [0, 0.1) is 5.92 Å². The summed E-state index contributed by atoms with van der Waals surface area (Å²) in [7, 11) is 0.